The van der Waals surface area contributed by atoms with E-state index in [0.717, 1.165) is 17.7 Å². The molecule has 0 amide bonds. The van der Waals surface area contributed by atoms with Crippen LogP contribution in [0.2, 0.25) is 0 Å². The van der Waals surface area contributed by atoms with Crippen molar-refractivity contribution in [1.82, 2.24) is 9.62 Å². The number of carbonyl (C=O) groups excluding carboxylic acids is 1. The molecular weight excluding hydrogens is 478 g/mol. The van der Waals surface area contributed by atoms with Gasteiger partial charge in [-0.25, -0.2) is 17.5 Å². The molecule has 3 fully saturated rings. The average Bonchev–Trinajstić information content (AvgIpc) is 3.48. The summed E-state index contributed by atoms with van der Waals surface area (Å²) in [6.07, 6.45) is 1.87. The number of nitro benzene ring substituents is 1. The number of rotatable bonds is 10. The number of nitro groups is 1. The Labute approximate surface area is 205 Å². The summed E-state index contributed by atoms with van der Waals surface area (Å²) in [5.74, 6) is -0.106. The maximum atomic E-state index is 13.3. The quantitative estimate of drug-likeness (QED) is 0.219. The van der Waals surface area contributed by atoms with Crippen LogP contribution < -0.4 is 5.32 Å². The molecule has 0 aromatic heterocycles. The molecule has 1 N–H and O–H groups in total. The third kappa shape index (κ3) is 4.14. The zero-order chi connectivity index (χ0) is 24.9. The van der Waals surface area contributed by atoms with Crippen LogP contribution in [-0.2, 0) is 19.6 Å². The van der Waals surface area contributed by atoms with Crippen molar-refractivity contribution in [2.24, 2.45) is 16.7 Å². The largest absolute Gasteiger partial charge is 0.460 e. The number of non-ortho nitro benzene ring substituents is 1. The second-order valence-corrected chi connectivity index (χ2v) is 13.5. The highest BCUT2D eigenvalue weighted by atomic mass is 32.2. The Morgan fingerprint density at radius 3 is 2.38 bits per heavy atom. The number of thioether (sulfide) groups is 1. The van der Waals surface area contributed by atoms with Crippen molar-refractivity contribution in [3.8, 4) is 0 Å². The average molecular weight is 512 g/mol. The van der Waals surface area contributed by atoms with E-state index in [-0.39, 0.29) is 16.9 Å². The number of ether oxygens (including phenoxy) is 1. The lowest BCUT2D eigenvalue weighted by atomic mass is 9.69. The molecule has 0 radical (unpaired) electrons. The predicted octanol–water partition coefficient (Wildman–Crippen LogP) is 3.40. The number of hydrogen-bond donors (Lipinski definition) is 1. The minimum absolute atomic E-state index is 0.00898. The minimum atomic E-state index is -3.50. The van der Waals surface area contributed by atoms with E-state index >= 15 is 0 Å². The molecule has 1 aromatic rings. The molecule has 188 valence electrons. The predicted molar refractivity (Wildman–Crippen MR) is 130 cm³/mol. The molecule has 2 saturated carbocycles. The number of carbonyl (C=O) groups is 1. The van der Waals surface area contributed by atoms with Gasteiger partial charge in [0.25, 0.3) is 5.69 Å². The van der Waals surface area contributed by atoms with Crippen molar-refractivity contribution < 1.29 is 22.9 Å². The highest BCUT2D eigenvalue weighted by Gasteiger charge is 2.68. The lowest BCUT2D eigenvalue weighted by Gasteiger charge is -2.42. The summed E-state index contributed by atoms with van der Waals surface area (Å²) in [6.45, 7) is 9.18. The first-order valence-corrected chi connectivity index (χ1v) is 14.2. The van der Waals surface area contributed by atoms with Crippen molar-refractivity contribution in [2.75, 3.05) is 25.4 Å². The smallest absolute Gasteiger partial charge is 0.338 e. The number of nitrogens with one attached hydrogen (secondary N) is 1. The number of benzene rings is 1. The first-order valence-electron chi connectivity index (χ1n) is 11.8. The molecule has 4 rings (SSSR count). The molecule has 1 aromatic carbocycles. The molecule has 0 unspecified atom stereocenters. The fraction of sp³-hybridized carbons (Fsp3) is 0.696. The van der Waals surface area contributed by atoms with Gasteiger partial charge in [0.05, 0.1) is 10.7 Å². The zero-order valence-corrected chi connectivity index (χ0v) is 21.7. The number of fused-ring (bicyclic) bond motifs is 2. The molecule has 3 aliphatic rings. The van der Waals surface area contributed by atoms with Crippen molar-refractivity contribution in [2.45, 2.75) is 62.8 Å². The number of hydrogen-bond acceptors (Lipinski definition) is 8. The lowest BCUT2D eigenvalue weighted by Crippen LogP contribution is -2.50. The molecule has 1 saturated heterocycles. The highest BCUT2D eigenvalue weighted by molar-refractivity contribution is 8.01. The molecule has 11 heteroatoms. The van der Waals surface area contributed by atoms with Gasteiger partial charge in [0, 0.05) is 42.1 Å². The summed E-state index contributed by atoms with van der Waals surface area (Å²) < 4.78 is 34.2. The van der Waals surface area contributed by atoms with Crippen molar-refractivity contribution in [1.29, 1.82) is 0 Å². The van der Waals surface area contributed by atoms with Gasteiger partial charge in [-0.2, -0.15) is 0 Å². The second-order valence-electron chi connectivity index (χ2n) is 10.1. The Kier molecular flexibility index (Phi) is 6.54. The number of sulfonamides is 1. The van der Waals surface area contributed by atoms with E-state index in [0.29, 0.717) is 32.0 Å². The van der Waals surface area contributed by atoms with Crippen LogP contribution in [0.4, 0.5) is 5.69 Å². The number of esters is 1. The summed E-state index contributed by atoms with van der Waals surface area (Å²) in [6, 6.07) is 6.07. The fourth-order valence-electron chi connectivity index (χ4n) is 5.94. The van der Waals surface area contributed by atoms with Gasteiger partial charge in [-0.1, -0.05) is 39.5 Å². The molecule has 0 spiro atoms. The molecular formula is C23H33N3O6S2. The normalized spacial score (nSPS) is 31.6. The Morgan fingerprint density at radius 1 is 1.26 bits per heavy atom. The van der Waals surface area contributed by atoms with Crippen LogP contribution in [-0.4, -0.2) is 60.0 Å². The van der Waals surface area contributed by atoms with E-state index in [1.165, 1.54) is 28.2 Å². The lowest BCUT2D eigenvalue weighted by molar-refractivity contribution is -0.384. The van der Waals surface area contributed by atoms with Gasteiger partial charge in [0.2, 0.25) is 10.0 Å². The molecule has 2 aliphatic carbocycles. The van der Waals surface area contributed by atoms with Crippen molar-refractivity contribution >= 4 is 33.4 Å². The van der Waals surface area contributed by atoms with E-state index in [9.17, 15) is 23.3 Å². The first-order chi connectivity index (χ1) is 15.9. The maximum absolute atomic E-state index is 13.3. The van der Waals surface area contributed by atoms with Crippen LogP contribution >= 0.6 is 11.8 Å². The second kappa shape index (κ2) is 8.76. The van der Waals surface area contributed by atoms with Gasteiger partial charge in [0.15, 0.2) is 4.87 Å². The minimum Gasteiger partial charge on any atom is -0.460 e. The fourth-order valence-corrected chi connectivity index (χ4v) is 9.28. The summed E-state index contributed by atoms with van der Waals surface area (Å²) >= 11 is 1.28. The van der Waals surface area contributed by atoms with E-state index in [1.54, 1.807) is 12.1 Å². The van der Waals surface area contributed by atoms with Crippen molar-refractivity contribution in [3.63, 3.8) is 0 Å². The van der Waals surface area contributed by atoms with E-state index in [2.05, 4.69) is 19.2 Å². The van der Waals surface area contributed by atoms with E-state index in [4.69, 9.17) is 4.74 Å². The summed E-state index contributed by atoms with van der Waals surface area (Å²) in [4.78, 5) is 23.6. The summed E-state index contributed by atoms with van der Waals surface area (Å²) in [5, 5.41) is 14.0. The molecule has 34 heavy (non-hydrogen) atoms. The van der Waals surface area contributed by atoms with Crippen LogP contribution in [0.3, 0.4) is 0 Å². The van der Waals surface area contributed by atoms with Crippen LogP contribution in [0.1, 0.15) is 47.0 Å². The first kappa shape index (κ1) is 25.4. The van der Waals surface area contributed by atoms with Crippen LogP contribution in [0.5, 0.6) is 0 Å². The Balaban J connectivity index is 1.53. The van der Waals surface area contributed by atoms with Crippen LogP contribution in [0.15, 0.2) is 29.2 Å². The van der Waals surface area contributed by atoms with E-state index in [1.807, 2.05) is 13.8 Å². The number of nitrogens with zero attached hydrogens (tertiary/aromatic N) is 2. The monoisotopic (exact) mass is 511 g/mol. The van der Waals surface area contributed by atoms with E-state index < -0.39 is 37.3 Å². The summed E-state index contributed by atoms with van der Waals surface area (Å²) in [7, 11) is -3.50. The summed E-state index contributed by atoms with van der Waals surface area (Å²) in [5.41, 5.74) is -0.887. The van der Waals surface area contributed by atoms with Gasteiger partial charge in [-0.3, -0.25) is 15.4 Å². The zero-order valence-electron chi connectivity index (χ0n) is 20.1. The maximum Gasteiger partial charge on any atom is 0.338 e. The van der Waals surface area contributed by atoms with Gasteiger partial charge >= 0.3 is 5.97 Å². The standard InChI is InChI=1S/C23H33N3O6S2/c1-5-25(6-2)34(30,31)15-22-12-11-16(21(22,3)4)13-19(22)32-20(27)23(14-24-23)33-18-9-7-17(8-10-18)26(28)29/h7-10,16,19,24H,5-6,11-15H2,1-4H3/t16-,19-,22-,23+/m1/s1. The third-order valence-corrected chi connectivity index (χ3v) is 11.8. The van der Waals surface area contributed by atoms with Gasteiger partial charge in [-0.05, 0) is 42.7 Å². The van der Waals surface area contributed by atoms with Crippen molar-refractivity contribution in [3.05, 3.63) is 34.4 Å². The van der Waals surface area contributed by atoms with Gasteiger partial charge in [-0.15, -0.1) is 0 Å². The van der Waals surface area contributed by atoms with Gasteiger partial charge < -0.3 is 4.74 Å². The Morgan fingerprint density at radius 2 is 1.88 bits per heavy atom. The molecule has 1 heterocycles. The molecule has 9 nitrogen and oxygen atoms in total. The van der Waals surface area contributed by atoms with Gasteiger partial charge in [0.1, 0.15) is 6.10 Å². The Hall–Kier alpha value is -1.69. The SMILES string of the molecule is CCN(CC)S(=O)(=O)C[C@]12CC[C@H](C[C@H]1OC(=O)[C@@]1(Sc3ccc([N+](=O)[O-])cc3)CN1)C2(C)C. The van der Waals surface area contributed by atoms with Crippen LogP contribution in [0, 0.1) is 26.9 Å². The Bertz CT molecular complexity index is 1070. The highest BCUT2D eigenvalue weighted by Crippen LogP contribution is 2.67. The molecule has 1 aliphatic heterocycles. The molecule has 2 bridgehead atoms. The third-order valence-electron chi connectivity index (χ3n) is 8.31. The molecule has 4 atom stereocenters. The van der Waals surface area contributed by atoms with Crippen LogP contribution in [0.25, 0.3) is 0 Å². The topological polar surface area (TPSA) is 129 Å².